The van der Waals surface area contributed by atoms with Gasteiger partial charge in [-0.05, 0) is 35.7 Å². The van der Waals surface area contributed by atoms with E-state index in [0.717, 1.165) is 17.7 Å². The quantitative estimate of drug-likeness (QED) is 0.394. The molecule has 0 saturated heterocycles. The lowest BCUT2D eigenvalue weighted by Gasteiger charge is -2.15. The largest absolute Gasteiger partial charge is 0.490 e. The molecule has 4 aromatic rings. The van der Waals surface area contributed by atoms with Gasteiger partial charge in [0.15, 0.2) is 17.2 Å². The van der Waals surface area contributed by atoms with E-state index >= 15 is 0 Å². The Kier molecular flexibility index (Phi) is 6.76. The molecule has 3 N–H and O–H groups in total. The fourth-order valence-electron chi connectivity index (χ4n) is 3.44. The number of rotatable bonds is 8. The van der Waals surface area contributed by atoms with Crippen molar-refractivity contribution in [2.45, 2.75) is 20.4 Å². The molecule has 0 bridgehead atoms. The molecule has 11 heteroatoms. The zero-order valence-corrected chi connectivity index (χ0v) is 19.4. The number of hydrogen-bond acceptors (Lipinski definition) is 7. The second-order valence-electron chi connectivity index (χ2n) is 8.23. The third kappa shape index (κ3) is 5.29. The van der Waals surface area contributed by atoms with Crippen molar-refractivity contribution in [3.8, 4) is 22.8 Å². The van der Waals surface area contributed by atoms with Gasteiger partial charge in [0.2, 0.25) is 11.8 Å². The van der Waals surface area contributed by atoms with Crippen molar-refractivity contribution in [1.82, 2.24) is 24.9 Å². The van der Waals surface area contributed by atoms with Crippen LogP contribution in [0.3, 0.4) is 0 Å². The first-order valence-electron chi connectivity index (χ1n) is 10.8. The number of nitrogens with zero attached hydrogens (tertiary/aromatic N) is 4. The average molecular weight is 482 g/mol. The molecule has 0 aliphatic carbocycles. The number of benzene rings is 1. The molecule has 4 rings (SSSR count). The molecular weight excluding hydrogens is 458 g/mol. The maximum atomic E-state index is 14.4. The number of nitrogen functional groups attached to an aromatic ring is 1. The molecule has 0 aliphatic rings. The third-order valence-electron chi connectivity index (χ3n) is 5.06. The molecule has 0 spiro atoms. The minimum atomic E-state index is -0.833. The summed E-state index contributed by atoms with van der Waals surface area (Å²) in [7, 11) is 1.39. The zero-order valence-electron chi connectivity index (χ0n) is 19.4. The number of pyridine rings is 2. The third-order valence-corrected chi connectivity index (χ3v) is 5.06. The number of anilines is 1. The molecule has 35 heavy (non-hydrogen) atoms. The summed E-state index contributed by atoms with van der Waals surface area (Å²) in [4.78, 5) is 21.4. The van der Waals surface area contributed by atoms with Crippen LogP contribution in [0.1, 0.15) is 29.8 Å². The number of carbonyl (C=O) groups excluding carboxylic acids is 1. The molecule has 0 fully saturated rings. The van der Waals surface area contributed by atoms with E-state index in [1.165, 1.54) is 11.6 Å². The highest BCUT2D eigenvalue weighted by Crippen LogP contribution is 2.27. The normalized spacial score (nSPS) is 11.1. The Morgan fingerprint density at radius 1 is 1.20 bits per heavy atom. The predicted octanol–water partition coefficient (Wildman–Crippen LogP) is 3.63. The van der Waals surface area contributed by atoms with Crippen molar-refractivity contribution >= 4 is 17.5 Å². The summed E-state index contributed by atoms with van der Waals surface area (Å²) in [5.74, 6) is -1.87. The van der Waals surface area contributed by atoms with Gasteiger partial charge in [-0.1, -0.05) is 13.8 Å². The second-order valence-corrected chi connectivity index (χ2v) is 8.23. The molecule has 1 amide bonds. The Morgan fingerprint density at radius 2 is 2.00 bits per heavy atom. The number of halogens is 2. The fraction of sp³-hybridized carbons (Fsp3) is 0.250. The molecule has 0 radical (unpaired) electrons. The highest BCUT2D eigenvalue weighted by atomic mass is 19.1. The summed E-state index contributed by atoms with van der Waals surface area (Å²) in [5.41, 5.74) is 7.85. The minimum Gasteiger partial charge on any atom is -0.490 e. The Labute approximate surface area is 199 Å². The highest BCUT2D eigenvalue weighted by molar-refractivity contribution is 5.97. The molecule has 1 aromatic carbocycles. The van der Waals surface area contributed by atoms with Crippen LogP contribution < -0.4 is 20.5 Å². The first-order valence-corrected chi connectivity index (χ1v) is 10.8. The maximum Gasteiger partial charge on any atom is 0.257 e. The van der Waals surface area contributed by atoms with Crippen molar-refractivity contribution in [2.75, 3.05) is 19.5 Å². The van der Waals surface area contributed by atoms with E-state index in [1.54, 1.807) is 30.6 Å². The molecule has 9 nitrogen and oxygen atoms in total. The summed E-state index contributed by atoms with van der Waals surface area (Å²) < 4.78 is 40.5. The van der Waals surface area contributed by atoms with Gasteiger partial charge in [0.05, 0.1) is 13.7 Å². The van der Waals surface area contributed by atoms with Gasteiger partial charge in [-0.15, -0.1) is 5.10 Å². The van der Waals surface area contributed by atoms with Crippen LogP contribution in [0.25, 0.3) is 16.8 Å². The Bertz CT molecular complexity index is 1390. The van der Waals surface area contributed by atoms with Crippen LogP contribution in [-0.2, 0) is 6.54 Å². The molecule has 3 aromatic heterocycles. The van der Waals surface area contributed by atoms with E-state index in [0.29, 0.717) is 11.2 Å². The summed E-state index contributed by atoms with van der Waals surface area (Å²) in [6, 6.07) is 7.01. The number of nitrogens with one attached hydrogen (secondary N) is 1. The summed E-state index contributed by atoms with van der Waals surface area (Å²) >= 11 is 0. The lowest BCUT2D eigenvalue weighted by atomic mass is 10.1. The van der Waals surface area contributed by atoms with Crippen molar-refractivity contribution in [2.24, 2.45) is 5.92 Å². The summed E-state index contributed by atoms with van der Waals surface area (Å²) in [5, 5.41) is 6.71. The number of hydrogen-bond donors (Lipinski definition) is 2. The fourth-order valence-corrected chi connectivity index (χ4v) is 3.44. The number of nitrogens with two attached hydrogens (primary N) is 1. The monoisotopic (exact) mass is 482 g/mol. The molecule has 0 atom stereocenters. The second kappa shape index (κ2) is 9.92. The van der Waals surface area contributed by atoms with E-state index in [1.807, 2.05) is 13.8 Å². The zero-order chi connectivity index (χ0) is 25.1. The van der Waals surface area contributed by atoms with Gasteiger partial charge < -0.3 is 20.5 Å². The number of aromatic nitrogens is 4. The Hall–Kier alpha value is -4.28. The van der Waals surface area contributed by atoms with Gasteiger partial charge in [0.1, 0.15) is 11.4 Å². The standard InChI is InChI=1S/C24H24F2N6O3/c1-13(2)12-35-21-16(6-17(25)9-19(21)26)11-28-22(33)18-7-15(10-29-23(18)34-3)14-4-5-32-20(8-14)30-24(27)31-32/h4-10,13H,11-12H2,1-3H3,(H2,27,31)(H,28,33). The van der Waals surface area contributed by atoms with E-state index in [2.05, 4.69) is 20.4 Å². The van der Waals surface area contributed by atoms with Crippen LogP contribution in [0, 0.1) is 17.6 Å². The Morgan fingerprint density at radius 3 is 2.74 bits per heavy atom. The van der Waals surface area contributed by atoms with Gasteiger partial charge in [0, 0.05) is 36.1 Å². The number of methoxy groups -OCH3 is 1. The molecular formula is C24H24F2N6O3. The van der Waals surface area contributed by atoms with E-state index in [4.69, 9.17) is 15.2 Å². The number of fused-ring (bicyclic) bond motifs is 1. The van der Waals surface area contributed by atoms with Crippen LogP contribution in [-0.4, -0.2) is 39.2 Å². The number of amides is 1. The SMILES string of the molecule is COc1ncc(-c2ccn3nc(N)nc3c2)cc1C(=O)NCc1cc(F)cc(F)c1OCC(C)C. The summed E-state index contributed by atoms with van der Waals surface area (Å²) in [6.07, 6.45) is 3.25. The molecule has 0 aliphatic heterocycles. The van der Waals surface area contributed by atoms with E-state index < -0.39 is 17.5 Å². The predicted molar refractivity (Wildman–Crippen MR) is 125 cm³/mol. The molecule has 3 heterocycles. The highest BCUT2D eigenvalue weighted by Gasteiger charge is 2.19. The average Bonchev–Trinajstić information content (AvgIpc) is 3.20. The van der Waals surface area contributed by atoms with Gasteiger partial charge in [0.25, 0.3) is 5.91 Å². The minimum absolute atomic E-state index is 0.0971. The van der Waals surface area contributed by atoms with Crippen LogP contribution in [0.4, 0.5) is 14.7 Å². The van der Waals surface area contributed by atoms with Gasteiger partial charge in [-0.2, -0.15) is 4.98 Å². The van der Waals surface area contributed by atoms with Crippen LogP contribution in [0.5, 0.6) is 11.6 Å². The lowest BCUT2D eigenvalue weighted by molar-refractivity contribution is 0.0946. The summed E-state index contributed by atoms with van der Waals surface area (Å²) in [6.45, 7) is 3.89. The lowest BCUT2D eigenvalue weighted by Crippen LogP contribution is -2.24. The van der Waals surface area contributed by atoms with E-state index in [-0.39, 0.29) is 47.8 Å². The number of carbonyl (C=O) groups is 1. The topological polar surface area (TPSA) is 117 Å². The first-order chi connectivity index (χ1) is 16.7. The smallest absolute Gasteiger partial charge is 0.257 e. The molecule has 0 saturated carbocycles. The molecule has 0 unspecified atom stereocenters. The van der Waals surface area contributed by atoms with Crippen molar-refractivity contribution in [3.63, 3.8) is 0 Å². The van der Waals surface area contributed by atoms with Gasteiger partial charge >= 0.3 is 0 Å². The van der Waals surface area contributed by atoms with Gasteiger partial charge in [-0.25, -0.2) is 18.3 Å². The molecule has 182 valence electrons. The maximum absolute atomic E-state index is 14.4. The van der Waals surface area contributed by atoms with Crippen molar-refractivity contribution < 1.29 is 23.0 Å². The first kappa shape index (κ1) is 23.9. The van der Waals surface area contributed by atoms with E-state index in [9.17, 15) is 13.6 Å². The van der Waals surface area contributed by atoms with Gasteiger partial charge in [-0.3, -0.25) is 4.79 Å². The van der Waals surface area contributed by atoms with Crippen LogP contribution in [0.2, 0.25) is 0 Å². The number of ether oxygens (including phenoxy) is 2. The van der Waals surface area contributed by atoms with Crippen molar-refractivity contribution in [3.05, 3.63) is 65.5 Å². The Balaban J connectivity index is 1.60. The van der Waals surface area contributed by atoms with Crippen LogP contribution >= 0.6 is 0 Å². The van der Waals surface area contributed by atoms with Crippen molar-refractivity contribution in [1.29, 1.82) is 0 Å². The van der Waals surface area contributed by atoms with Crippen LogP contribution in [0.15, 0.2) is 42.7 Å².